The van der Waals surface area contributed by atoms with Crippen LogP contribution >= 0.6 is 26.6 Å². The van der Waals surface area contributed by atoms with E-state index in [2.05, 4.69) is 15.9 Å². The zero-order valence-electron chi connectivity index (χ0n) is 9.73. The Morgan fingerprint density at radius 3 is 2.44 bits per heavy atom. The highest BCUT2D eigenvalue weighted by Gasteiger charge is 2.17. The van der Waals surface area contributed by atoms with Gasteiger partial charge < -0.3 is 4.74 Å². The Morgan fingerprint density at radius 1 is 1.22 bits per heavy atom. The Morgan fingerprint density at radius 2 is 1.89 bits per heavy atom. The summed E-state index contributed by atoms with van der Waals surface area (Å²) in [6, 6.07) is 4.58. The summed E-state index contributed by atoms with van der Waals surface area (Å²) in [7, 11) is 1.60. The largest absolute Gasteiger partial charge is 0.489 e. The Labute approximate surface area is 120 Å². The smallest absolute Gasteiger partial charge is 0.261 e. The van der Waals surface area contributed by atoms with Crippen molar-refractivity contribution >= 4 is 35.7 Å². The van der Waals surface area contributed by atoms with E-state index in [1.807, 2.05) is 0 Å². The third-order valence-electron chi connectivity index (χ3n) is 3.03. The third-order valence-corrected chi connectivity index (χ3v) is 5.00. The molecule has 3 nitrogen and oxygen atoms in total. The molecule has 2 rings (SSSR count). The molecule has 0 aliphatic heterocycles. The van der Waals surface area contributed by atoms with Crippen LogP contribution in [0.4, 0.5) is 0 Å². The lowest BCUT2D eigenvalue weighted by Gasteiger charge is -2.23. The molecule has 100 valence electrons. The fourth-order valence-electron chi connectivity index (χ4n) is 2.09. The lowest BCUT2D eigenvalue weighted by molar-refractivity contribution is 0.154. The van der Waals surface area contributed by atoms with E-state index in [0.717, 1.165) is 12.8 Å². The fourth-order valence-corrected chi connectivity index (χ4v) is 3.49. The maximum absolute atomic E-state index is 11.2. The van der Waals surface area contributed by atoms with Gasteiger partial charge in [-0.05, 0) is 59.8 Å². The van der Waals surface area contributed by atoms with E-state index in [9.17, 15) is 8.42 Å². The van der Waals surface area contributed by atoms with E-state index < -0.39 is 9.05 Å². The van der Waals surface area contributed by atoms with Gasteiger partial charge in [0.25, 0.3) is 9.05 Å². The predicted octanol–water partition coefficient (Wildman–Crippen LogP) is 4.09. The molecule has 0 radical (unpaired) electrons. The van der Waals surface area contributed by atoms with Crippen LogP contribution in [0.3, 0.4) is 0 Å². The zero-order chi connectivity index (χ0) is 13.2. The average molecular weight is 354 g/mol. The molecule has 1 saturated carbocycles. The lowest BCUT2D eigenvalue weighted by Crippen LogP contribution is -2.19. The van der Waals surface area contributed by atoms with Crippen molar-refractivity contribution in [2.75, 3.05) is 0 Å². The zero-order valence-corrected chi connectivity index (χ0v) is 12.9. The Balaban J connectivity index is 2.14. The fraction of sp³-hybridized carbons (Fsp3) is 0.500. The molecule has 1 aliphatic rings. The molecule has 1 fully saturated rings. The molecule has 6 heteroatoms. The van der Waals surface area contributed by atoms with Gasteiger partial charge in [0.15, 0.2) is 0 Å². The third kappa shape index (κ3) is 3.62. The number of hydrogen-bond acceptors (Lipinski definition) is 3. The topological polar surface area (TPSA) is 43.4 Å². The summed E-state index contributed by atoms with van der Waals surface area (Å²) >= 11 is 3.32. The number of ether oxygens (including phenoxy) is 1. The summed E-state index contributed by atoms with van der Waals surface area (Å²) in [5.74, 6) is 0.672. The normalized spacial score (nSPS) is 17.7. The van der Waals surface area contributed by atoms with Crippen molar-refractivity contribution in [1.82, 2.24) is 0 Å². The molecule has 0 amide bonds. The first-order valence-electron chi connectivity index (χ1n) is 5.88. The van der Waals surface area contributed by atoms with Crippen molar-refractivity contribution in [3.05, 3.63) is 22.7 Å². The molecule has 0 saturated heterocycles. The molecule has 0 bridgehead atoms. The van der Waals surface area contributed by atoms with Gasteiger partial charge in [-0.15, -0.1) is 0 Å². The highest BCUT2D eigenvalue weighted by atomic mass is 79.9. The molecule has 0 heterocycles. The SMILES string of the molecule is O=S(=O)(Cl)c1ccc(OC2CCCCC2)c(Br)c1. The molecule has 1 aromatic carbocycles. The van der Waals surface area contributed by atoms with Crippen molar-refractivity contribution in [3.8, 4) is 5.75 Å². The van der Waals surface area contributed by atoms with E-state index in [1.54, 1.807) is 6.07 Å². The number of hydrogen-bond donors (Lipinski definition) is 0. The first-order chi connectivity index (χ1) is 8.47. The van der Waals surface area contributed by atoms with Crippen molar-refractivity contribution in [3.63, 3.8) is 0 Å². The van der Waals surface area contributed by atoms with Crippen LogP contribution in [0.1, 0.15) is 32.1 Å². The molecular formula is C12H14BrClO3S. The van der Waals surface area contributed by atoms with E-state index >= 15 is 0 Å². The predicted molar refractivity (Wildman–Crippen MR) is 74.7 cm³/mol. The van der Waals surface area contributed by atoms with E-state index in [-0.39, 0.29) is 11.0 Å². The minimum atomic E-state index is -3.69. The number of benzene rings is 1. The van der Waals surface area contributed by atoms with Crippen LogP contribution in [-0.4, -0.2) is 14.5 Å². The van der Waals surface area contributed by atoms with E-state index in [4.69, 9.17) is 15.4 Å². The van der Waals surface area contributed by atoms with Crippen LogP contribution in [0.2, 0.25) is 0 Å². The molecule has 0 aromatic heterocycles. The summed E-state index contributed by atoms with van der Waals surface area (Å²) in [5, 5.41) is 0. The van der Waals surface area contributed by atoms with Crippen LogP contribution in [0.25, 0.3) is 0 Å². The first-order valence-corrected chi connectivity index (χ1v) is 8.98. The summed E-state index contributed by atoms with van der Waals surface area (Å²) < 4.78 is 28.9. The maximum atomic E-state index is 11.2. The number of halogens is 2. The van der Waals surface area contributed by atoms with Crippen LogP contribution in [0, 0.1) is 0 Å². The van der Waals surface area contributed by atoms with E-state index in [0.29, 0.717) is 10.2 Å². The Bertz CT molecular complexity index is 524. The number of rotatable bonds is 3. The van der Waals surface area contributed by atoms with Gasteiger partial charge in [-0.2, -0.15) is 0 Å². The highest BCUT2D eigenvalue weighted by molar-refractivity contribution is 9.10. The molecule has 0 spiro atoms. The van der Waals surface area contributed by atoms with Crippen LogP contribution < -0.4 is 4.74 Å². The van der Waals surface area contributed by atoms with Gasteiger partial charge in [-0.25, -0.2) is 8.42 Å². The maximum Gasteiger partial charge on any atom is 0.261 e. The van der Waals surface area contributed by atoms with Gasteiger partial charge in [0, 0.05) is 10.7 Å². The molecule has 1 aliphatic carbocycles. The standard InChI is InChI=1S/C12H14BrClO3S/c13-11-8-10(18(14,15)16)6-7-12(11)17-9-4-2-1-3-5-9/h6-9H,1-5H2. The van der Waals surface area contributed by atoms with Gasteiger partial charge in [0.1, 0.15) is 5.75 Å². The van der Waals surface area contributed by atoms with Gasteiger partial charge in [-0.1, -0.05) is 6.42 Å². The second kappa shape index (κ2) is 5.80. The highest BCUT2D eigenvalue weighted by Crippen LogP contribution is 2.32. The van der Waals surface area contributed by atoms with Crippen molar-refractivity contribution in [2.45, 2.75) is 43.1 Å². The Kier molecular flexibility index (Phi) is 4.56. The molecule has 18 heavy (non-hydrogen) atoms. The lowest BCUT2D eigenvalue weighted by atomic mass is 9.98. The van der Waals surface area contributed by atoms with Crippen molar-refractivity contribution in [2.24, 2.45) is 0 Å². The minimum absolute atomic E-state index is 0.0760. The molecule has 0 N–H and O–H groups in total. The van der Waals surface area contributed by atoms with Crippen LogP contribution in [-0.2, 0) is 9.05 Å². The summed E-state index contributed by atoms with van der Waals surface area (Å²) in [5.41, 5.74) is 0. The van der Waals surface area contributed by atoms with Crippen molar-refractivity contribution < 1.29 is 13.2 Å². The summed E-state index contributed by atoms with van der Waals surface area (Å²) in [4.78, 5) is 0.0760. The molecule has 1 aromatic rings. The summed E-state index contributed by atoms with van der Waals surface area (Å²) in [6.45, 7) is 0. The second-order valence-electron chi connectivity index (χ2n) is 4.41. The van der Waals surface area contributed by atoms with E-state index in [1.165, 1.54) is 31.4 Å². The van der Waals surface area contributed by atoms with Gasteiger partial charge in [0.2, 0.25) is 0 Å². The Hall–Kier alpha value is -0.260. The second-order valence-corrected chi connectivity index (χ2v) is 7.83. The van der Waals surface area contributed by atoms with Crippen LogP contribution in [0.15, 0.2) is 27.6 Å². The molecule has 0 unspecified atom stereocenters. The monoisotopic (exact) mass is 352 g/mol. The average Bonchev–Trinajstić information content (AvgIpc) is 2.32. The van der Waals surface area contributed by atoms with Crippen molar-refractivity contribution in [1.29, 1.82) is 0 Å². The summed E-state index contributed by atoms with van der Waals surface area (Å²) in [6.07, 6.45) is 6.00. The quantitative estimate of drug-likeness (QED) is 0.769. The minimum Gasteiger partial charge on any atom is -0.489 e. The van der Waals surface area contributed by atoms with Crippen LogP contribution in [0.5, 0.6) is 5.75 Å². The van der Waals surface area contributed by atoms with Gasteiger partial charge >= 0.3 is 0 Å². The first kappa shape index (κ1) is 14.2. The molecular weight excluding hydrogens is 340 g/mol. The van der Waals surface area contributed by atoms with Gasteiger partial charge in [-0.3, -0.25) is 0 Å². The van der Waals surface area contributed by atoms with Gasteiger partial charge in [0.05, 0.1) is 15.5 Å². The molecule has 0 atom stereocenters.